The number of ether oxygens (including phenoxy) is 1. The lowest BCUT2D eigenvalue weighted by atomic mass is 10.1. The van der Waals surface area contributed by atoms with Gasteiger partial charge in [0.2, 0.25) is 0 Å². The average molecular weight is 260 g/mol. The van der Waals surface area contributed by atoms with E-state index >= 15 is 0 Å². The van der Waals surface area contributed by atoms with Crippen molar-refractivity contribution in [3.8, 4) is 6.07 Å². The first-order valence-electron chi connectivity index (χ1n) is 6.38. The molecule has 0 N–H and O–H groups in total. The summed E-state index contributed by atoms with van der Waals surface area (Å²) in [5.41, 5.74) is 1.21. The van der Waals surface area contributed by atoms with E-state index in [2.05, 4.69) is 4.90 Å². The molecule has 1 aromatic carbocycles. The van der Waals surface area contributed by atoms with E-state index < -0.39 is 0 Å². The first-order chi connectivity index (χ1) is 9.12. The highest BCUT2D eigenvalue weighted by Crippen LogP contribution is 2.07. The third kappa shape index (κ3) is 4.47. The second kappa shape index (κ2) is 7.67. The fourth-order valence-corrected chi connectivity index (χ4v) is 1.93. The van der Waals surface area contributed by atoms with Crippen LogP contribution in [0.15, 0.2) is 24.3 Å². The van der Waals surface area contributed by atoms with Gasteiger partial charge in [-0.25, -0.2) is 0 Å². The molecule has 1 rings (SSSR count). The zero-order chi connectivity index (χ0) is 14.3. The first kappa shape index (κ1) is 15.4. The summed E-state index contributed by atoms with van der Waals surface area (Å²) < 4.78 is 5.11. The van der Waals surface area contributed by atoms with E-state index in [-0.39, 0.29) is 11.8 Å². The van der Waals surface area contributed by atoms with Gasteiger partial charge in [0.1, 0.15) is 0 Å². The van der Waals surface area contributed by atoms with Crippen LogP contribution in [0.2, 0.25) is 0 Å². The molecular formula is C15H20N2O2. The van der Waals surface area contributed by atoms with Gasteiger partial charge in [0, 0.05) is 18.7 Å². The number of carbonyl (C=O) groups excluding carboxylic acids is 1. The lowest BCUT2D eigenvalue weighted by molar-refractivity contribution is 0.0788. The Balaban J connectivity index is 2.68. The van der Waals surface area contributed by atoms with Crippen LogP contribution in [0.3, 0.4) is 0 Å². The van der Waals surface area contributed by atoms with Crippen LogP contribution in [0.5, 0.6) is 0 Å². The second-order valence-electron chi connectivity index (χ2n) is 4.48. The summed E-state index contributed by atoms with van der Waals surface area (Å²) in [6.07, 6.45) is 0. The molecule has 1 atom stereocenters. The van der Waals surface area contributed by atoms with Gasteiger partial charge in [-0.15, -0.1) is 0 Å². The number of nitrogens with zero attached hydrogens (tertiary/aromatic N) is 2. The molecule has 0 heterocycles. The predicted octanol–water partition coefficient (Wildman–Crippen LogP) is 2.10. The van der Waals surface area contributed by atoms with E-state index in [1.807, 2.05) is 19.9 Å². The largest absolute Gasteiger partial charge is 0.383 e. The summed E-state index contributed by atoms with van der Waals surface area (Å²) in [7, 11) is 1.66. The van der Waals surface area contributed by atoms with Gasteiger partial charge in [0.25, 0.3) is 0 Å². The molecule has 1 unspecified atom stereocenters. The van der Waals surface area contributed by atoms with Crippen molar-refractivity contribution in [1.29, 1.82) is 5.26 Å². The molecule has 0 bridgehead atoms. The number of carbonyl (C=O) groups is 1. The minimum atomic E-state index is 0.0642. The monoisotopic (exact) mass is 260 g/mol. The summed E-state index contributed by atoms with van der Waals surface area (Å²) in [4.78, 5) is 14.2. The molecular weight excluding hydrogens is 240 g/mol. The van der Waals surface area contributed by atoms with Gasteiger partial charge in [-0.3, -0.25) is 9.69 Å². The van der Waals surface area contributed by atoms with Gasteiger partial charge in [-0.05, 0) is 25.6 Å². The molecule has 0 aliphatic carbocycles. The molecule has 0 radical (unpaired) electrons. The van der Waals surface area contributed by atoms with Crippen LogP contribution < -0.4 is 0 Å². The van der Waals surface area contributed by atoms with Crippen LogP contribution in [0.25, 0.3) is 0 Å². The maximum Gasteiger partial charge on any atom is 0.176 e. The molecule has 1 aromatic rings. The highest BCUT2D eigenvalue weighted by Gasteiger charge is 2.16. The van der Waals surface area contributed by atoms with E-state index in [1.54, 1.807) is 31.4 Å². The Morgan fingerprint density at radius 2 is 2.05 bits per heavy atom. The van der Waals surface area contributed by atoms with Crippen LogP contribution in [0.1, 0.15) is 29.8 Å². The molecule has 4 nitrogen and oxygen atoms in total. The van der Waals surface area contributed by atoms with Crippen molar-refractivity contribution < 1.29 is 9.53 Å². The molecule has 0 fully saturated rings. The van der Waals surface area contributed by atoms with Crippen LogP contribution in [-0.2, 0) is 4.74 Å². The maximum absolute atomic E-state index is 12.2. The lowest BCUT2D eigenvalue weighted by Crippen LogP contribution is -2.39. The SMILES string of the molecule is CCN(CC(=O)c1ccc(C#N)cc1)C(C)COC. The van der Waals surface area contributed by atoms with Crippen molar-refractivity contribution in [3.05, 3.63) is 35.4 Å². The second-order valence-corrected chi connectivity index (χ2v) is 4.48. The number of Topliss-reactive ketones (excluding diaryl/α,β-unsaturated/α-hetero) is 1. The molecule has 4 heteroatoms. The standard InChI is InChI=1S/C15H20N2O2/c1-4-17(12(2)11-19-3)10-15(18)14-7-5-13(9-16)6-8-14/h5-8,12H,4,10-11H2,1-3H3. The smallest absolute Gasteiger partial charge is 0.176 e. The zero-order valence-corrected chi connectivity index (χ0v) is 11.7. The molecule has 0 aliphatic heterocycles. The van der Waals surface area contributed by atoms with E-state index in [0.717, 1.165) is 6.54 Å². The summed E-state index contributed by atoms with van der Waals surface area (Å²) >= 11 is 0. The fraction of sp³-hybridized carbons (Fsp3) is 0.467. The van der Waals surface area contributed by atoms with Gasteiger partial charge in [-0.2, -0.15) is 5.26 Å². The van der Waals surface area contributed by atoms with Gasteiger partial charge >= 0.3 is 0 Å². The van der Waals surface area contributed by atoms with Crippen LogP contribution in [0, 0.1) is 11.3 Å². The third-order valence-electron chi connectivity index (χ3n) is 3.12. The average Bonchev–Trinajstić information content (AvgIpc) is 2.44. The highest BCUT2D eigenvalue weighted by molar-refractivity contribution is 5.97. The normalized spacial score (nSPS) is 12.2. The maximum atomic E-state index is 12.2. The quantitative estimate of drug-likeness (QED) is 0.704. The van der Waals surface area contributed by atoms with Gasteiger partial charge < -0.3 is 4.74 Å². The number of hydrogen-bond acceptors (Lipinski definition) is 4. The Labute approximate surface area is 114 Å². The number of nitriles is 1. The summed E-state index contributed by atoms with van der Waals surface area (Å²) in [5, 5.41) is 8.73. The highest BCUT2D eigenvalue weighted by atomic mass is 16.5. The molecule has 0 saturated carbocycles. The first-order valence-corrected chi connectivity index (χ1v) is 6.38. The van der Waals surface area contributed by atoms with Crippen LogP contribution in [-0.4, -0.2) is 43.5 Å². The summed E-state index contributed by atoms with van der Waals surface area (Å²) in [6.45, 7) is 5.84. The van der Waals surface area contributed by atoms with Gasteiger partial charge in [0.15, 0.2) is 5.78 Å². The van der Waals surface area contributed by atoms with Crippen molar-refractivity contribution in [2.24, 2.45) is 0 Å². The number of benzene rings is 1. The Kier molecular flexibility index (Phi) is 6.20. The van der Waals surface area contributed by atoms with Crippen molar-refractivity contribution in [2.45, 2.75) is 19.9 Å². The molecule has 19 heavy (non-hydrogen) atoms. The van der Waals surface area contributed by atoms with Crippen LogP contribution >= 0.6 is 0 Å². The van der Waals surface area contributed by atoms with Gasteiger partial charge in [0.05, 0.1) is 24.8 Å². The zero-order valence-electron chi connectivity index (χ0n) is 11.7. The fourth-order valence-electron chi connectivity index (χ4n) is 1.93. The minimum absolute atomic E-state index is 0.0642. The topological polar surface area (TPSA) is 53.3 Å². The van der Waals surface area contributed by atoms with E-state index in [0.29, 0.717) is 24.3 Å². The molecule has 0 aliphatic rings. The summed E-state index contributed by atoms with van der Waals surface area (Å²) in [6, 6.07) is 8.99. The molecule has 0 amide bonds. The number of ketones is 1. The minimum Gasteiger partial charge on any atom is -0.383 e. The predicted molar refractivity (Wildman–Crippen MR) is 74.1 cm³/mol. The molecule has 102 valence electrons. The Morgan fingerprint density at radius 3 is 2.53 bits per heavy atom. The lowest BCUT2D eigenvalue weighted by Gasteiger charge is -2.26. The van der Waals surface area contributed by atoms with E-state index in [9.17, 15) is 4.79 Å². The Hall–Kier alpha value is -1.70. The van der Waals surface area contributed by atoms with Crippen molar-refractivity contribution >= 4 is 5.78 Å². The Morgan fingerprint density at radius 1 is 1.42 bits per heavy atom. The van der Waals surface area contributed by atoms with Crippen molar-refractivity contribution in [2.75, 3.05) is 26.8 Å². The van der Waals surface area contributed by atoms with Crippen molar-refractivity contribution in [1.82, 2.24) is 4.90 Å². The summed E-state index contributed by atoms with van der Waals surface area (Å²) in [5.74, 6) is 0.0642. The molecule has 0 aromatic heterocycles. The third-order valence-corrected chi connectivity index (χ3v) is 3.12. The molecule has 0 spiro atoms. The number of likely N-dealkylation sites (N-methyl/N-ethyl adjacent to an activating group) is 1. The van der Waals surface area contributed by atoms with E-state index in [4.69, 9.17) is 10.00 Å². The molecule has 0 saturated heterocycles. The van der Waals surface area contributed by atoms with Crippen molar-refractivity contribution in [3.63, 3.8) is 0 Å². The van der Waals surface area contributed by atoms with Crippen LogP contribution in [0.4, 0.5) is 0 Å². The van der Waals surface area contributed by atoms with E-state index in [1.165, 1.54) is 0 Å². The number of hydrogen-bond donors (Lipinski definition) is 0. The Bertz CT molecular complexity index is 448. The number of methoxy groups -OCH3 is 1. The number of rotatable bonds is 7. The van der Waals surface area contributed by atoms with Gasteiger partial charge in [-0.1, -0.05) is 19.1 Å².